The summed E-state index contributed by atoms with van der Waals surface area (Å²) in [6.07, 6.45) is 5.11. The molecule has 0 spiro atoms. The fourth-order valence-electron chi connectivity index (χ4n) is 3.49. The first kappa shape index (κ1) is 23.0. The van der Waals surface area contributed by atoms with Gasteiger partial charge in [0.05, 0.1) is 22.8 Å². The molecule has 170 valence electrons. The predicted octanol–water partition coefficient (Wildman–Crippen LogP) is 5.26. The molecular formula is C27H23ClN4O2. The topological polar surface area (TPSA) is 76.0 Å². The van der Waals surface area contributed by atoms with E-state index in [1.165, 1.54) is 13.1 Å². The molecule has 0 bridgehead atoms. The highest BCUT2D eigenvalue weighted by Crippen LogP contribution is 2.24. The third kappa shape index (κ3) is 5.60. The molecule has 0 fully saturated rings. The minimum Gasteiger partial charge on any atom is -0.355 e. The first-order chi connectivity index (χ1) is 16.5. The minimum atomic E-state index is -0.333. The van der Waals surface area contributed by atoms with Gasteiger partial charge in [0.25, 0.3) is 5.91 Å². The van der Waals surface area contributed by atoms with Crippen LogP contribution in [0.4, 0.5) is 5.69 Å². The average molecular weight is 471 g/mol. The van der Waals surface area contributed by atoms with E-state index in [4.69, 9.17) is 16.7 Å². The van der Waals surface area contributed by atoms with Gasteiger partial charge >= 0.3 is 0 Å². The van der Waals surface area contributed by atoms with E-state index in [0.29, 0.717) is 22.8 Å². The molecule has 2 amide bonds. The Morgan fingerprint density at radius 1 is 1.00 bits per heavy atom. The number of amides is 2. The number of carbonyl (C=O) groups is 2. The molecule has 0 unspecified atom stereocenters. The summed E-state index contributed by atoms with van der Waals surface area (Å²) in [7, 11) is 1.52. The Balaban J connectivity index is 1.57. The van der Waals surface area contributed by atoms with Crippen molar-refractivity contribution in [2.45, 2.75) is 6.54 Å². The Bertz CT molecular complexity index is 1330. The van der Waals surface area contributed by atoms with E-state index in [2.05, 4.69) is 10.6 Å². The number of rotatable bonds is 7. The van der Waals surface area contributed by atoms with E-state index in [1.54, 1.807) is 24.3 Å². The lowest BCUT2D eigenvalue weighted by molar-refractivity contribution is -0.111. The van der Waals surface area contributed by atoms with Gasteiger partial charge in [0, 0.05) is 36.1 Å². The van der Waals surface area contributed by atoms with Crippen molar-refractivity contribution in [2.75, 3.05) is 12.4 Å². The van der Waals surface area contributed by atoms with Crippen LogP contribution in [0.25, 0.3) is 17.3 Å². The van der Waals surface area contributed by atoms with Crippen LogP contribution in [0.1, 0.15) is 21.5 Å². The van der Waals surface area contributed by atoms with Crippen molar-refractivity contribution >= 4 is 35.2 Å². The number of hydrogen-bond acceptors (Lipinski definition) is 3. The van der Waals surface area contributed by atoms with Gasteiger partial charge in [-0.2, -0.15) is 5.10 Å². The number of halogens is 1. The maximum atomic E-state index is 12.6. The van der Waals surface area contributed by atoms with E-state index >= 15 is 0 Å². The molecule has 34 heavy (non-hydrogen) atoms. The lowest BCUT2D eigenvalue weighted by Gasteiger charge is -2.07. The van der Waals surface area contributed by atoms with Gasteiger partial charge in [-0.3, -0.25) is 14.3 Å². The minimum absolute atomic E-state index is 0.291. The molecule has 1 heterocycles. The number of hydrogen-bond donors (Lipinski definition) is 2. The number of aromatic nitrogens is 2. The smallest absolute Gasteiger partial charge is 0.252 e. The van der Waals surface area contributed by atoms with Gasteiger partial charge in [0.1, 0.15) is 0 Å². The fraction of sp³-hybridized carbons (Fsp3) is 0.0741. The van der Waals surface area contributed by atoms with E-state index in [0.717, 1.165) is 22.4 Å². The van der Waals surface area contributed by atoms with Crippen LogP contribution in [0.5, 0.6) is 0 Å². The number of nitrogens with zero attached hydrogens (tertiary/aromatic N) is 2. The normalized spacial score (nSPS) is 10.9. The largest absolute Gasteiger partial charge is 0.355 e. The van der Waals surface area contributed by atoms with Gasteiger partial charge in [-0.1, -0.05) is 72.3 Å². The lowest BCUT2D eigenvalue weighted by atomic mass is 10.1. The summed E-state index contributed by atoms with van der Waals surface area (Å²) in [5, 5.41) is 10.4. The third-order valence-corrected chi connectivity index (χ3v) is 5.47. The van der Waals surface area contributed by atoms with Crippen LogP contribution >= 0.6 is 11.6 Å². The Morgan fingerprint density at radius 3 is 2.41 bits per heavy atom. The standard InChI is InChI=1S/C27H23ClN4O2/c1-29-27(34)23-16-22(13-14-24(23)28)30-25(33)15-12-21-18-32(17-19-8-4-2-5-9-19)31-26(21)20-10-6-3-7-11-20/h2-16,18H,17H2,1H3,(H,29,34)(H,30,33)/b15-12+. The van der Waals surface area contributed by atoms with Gasteiger partial charge in [-0.15, -0.1) is 0 Å². The quantitative estimate of drug-likeness (QED) is 0.361. The molecule has 3 aromatic carbocycles. The van der Waals surface area contributed by atoms with E-state index in [1.807, 2.05) is 71.5 Å². The second-order valence-corrected chi connectivity index (χ2v) is 7.99. The fourth-order valence-corrected chi connectivity index (χ4v) is 3.70. The summed E-state index contributed by atoms with van der Waals surface area (Å²) < 4.78 is 1.87. The number of benzene rings is 3. The highest BCUT2D eigenvalue weighted by molar-refractivity contribution is 6.34. The predicted molar refractivity (Wildman–Crippen MR) is 136 cm³/mol. The first-order valence-electron chi connectivity index (χ1n) is 10.7. The maximum Gasteiger partial charge on any atom is 0.252 e. The zero-order valence-corrected chi connectivity index (χ0v) is 19.3. The van der Waals surface area contributed by atoms with Gasteiger partial charge in [0.15, 0.2) is 0 Å². The summed E-state index contributed by atoms with van der Waals surface area (Å²) in [4.78, 5) is 24.6. The van der Waals surface area contributed by atoms with Crippen LogP contribution in [0, 0.1) is 0 Å². The van der Waals surface area contributed by atoms with Crippen LogP contribution in [0.15, 0.2) is 91.1 Å². The van der Waals surface area contributed by atoms with E-state index in [9.17, 15) is 9.59 Å². The number of anilines is 1. The molecule has 0 atom stereocenters. The SMILES string of the molecule is CNC(=O)c1cc(NC(=O)/C=C/c2cn(Cc3ccccc3)nc2-c2ccccc2)ccc1Cl. The van der Waals surface area contributed by atoms with Gasteiger partial charge in [-0.25, -0.2) is 0 Å². The molecule has 6 nitrogen and oxygen atoms in total. The van der Waals surface area contributed by atoms with Crippen LogP contribution < -0.4 is 10.6 Å². The zero-order valence-electron chi connectivity index (χ0n) is 18.5. The first-order valence-corrected chi connectivity index (χ1v) is 11.1. The molecule has 0 radical (unpaired) electrons. The van der Waals surface area contributed by atoms with E-state index < -0.39 is 0 Å². The summed E-state index contributed by atoms with van der Waals surface area (Å²) in [5.74, 6) is -0.657. The molecule has 0 aliphatic heterocycles. The summed E-state index contributed by atoms with van der Waals surface area (Å²) in [6.45, 7) is 0.619. The average Bonchev–Trinajstić information content (AvgIpc) is 3.27. The lowest BCUT2D eigenvalue weighted by Crippen LogP contribution is -2.18. The Hall–Kier alpha value is -4.16. The maximum absolute atomic E-state index is 12.6. The third-order valence-electron chi connectivity index (χ3n) is 5.14. The highest BCUT2D eigenvalue weighted by Gasteiger charge is 2.12. The molecule has 1 aromatic heterocycles. The number of carbonyl (C=O) groups excluding carboxylic acids is 2. The highest BCUT2D eigenvalue weighted by atomic mass is 35.5. The summed E-state index contributed by atoms with van der Waals surface area (Å²) in [5.41, 5.74) is 4.46. The summed E-state index contributed by atoms with van der Waals surface area (Å²) >= 11 is 6.09. The van der Waals surface area contributed by atoms with Crippen molar-refractivity contribution in [1.29, 1.82) is 0 Å². The molecule has 0 aliphatic rings. The molecular weight excluding hydrogens is 448 g/mol. The second kappa shape index (κ2) is 10.6. The number of nitrogens with one attached hydrogen (secondary N) is 2. The summed E-state index contributed by atoms with van der Waals surface area (Å²) in [6, 6.07) is 24.7. The molecule has 0 saturated carbocycles. The zero-order chi connectivity index (χ0) is 23.9. The molecule has 4 aromatic rings. The second-order valence-electron chi connectivity index (χ2n) is 7.58. The Labute approximate surface area is 202 Å². The van der Waals surface area contributed by atoms with Crippen molar-refractivity contribution in [3.05, 3.63) is 113 Å². The van der Waals surface area contributed by atoms with Crippen molar-refractivity contribution in [3.8, 4) is 11.3 Å². The van der Waals surface area contributed by atoms with Crippen molar-refractivity contribution in [2.24, 2.45) is 0 Å². The molecule has 4 rings (SSSR count). The Morgan fingerprint density at radius 2 is 1.71 bits per heavy atom. The van der Waals surface area contributed by atoms with Crippen molar-refractivity contribution in [3.63, 3.8) is 0 Å². The van der Waals surface area contributed by atoms with Crippen LogP contribution in [-0.4, -0.2) is 28.6 Å². The molecule has 0 aliphatic carbocycles. The molecule has 7 heteroatoms. The van der Waals surface area contributed by atoms with Crippen LogP contribution in [0.3, 0.4) is 0 Å². The van der Waals surface area contributed by atoms with Crippen molar-refractivity contribution in [1.82, 2.24) is 15.1 Å². The van der Waals surface area contributed by atoms with Crippen molar-refractivity contribution < 1.29 is 9.59 Å². The van der Waals surface area contributed by atoms with Crippen LogP contribution in [-0.2, 0) is 11.3 Å². The van der Waals surface area contributed by atoms with Gasteiger partial charge in [0.2, 0.25) is 5.91 Å². The Kier molecular flexibility index (Phi) is 7.20. The van der Waals surface area contributed by atoms with Gasteiger partial charge < -0.3 is 10.6 Å². The monoisotopic (exact) mass is 470 g/mol. The molecule has 0 saturated heterocycles. The van der Waals surface area contributed by atoms with Crippen LogP contribution in [0.2, 0.25) is 5.02 Å². The van der Waals surface area contributed by atoms with E-state index in [-0.39, 0.29) is 11.8 Å². The van der Waals surface area contributed by atoms with Gasteiger partial charge in [-0.05, 0) is 29.8 Å². The molecule has 2 N–H and O–H groups in total.